The Hall–Kier alpha value is -3.35. The number of nitrogens with zero attached hydrogens (tertiary/aromatic N) is 1. The zero-order valence-electron chi connectivity index (χ0n) is 15.8. The first-order valence-corrected chi connectivity index (χ1v) is 9.61. The fourth-order valence-corrected chi connectivity index (χ4v) is 3.87. The van der Waals surface area contributed by atoms with E-state index in [1.807, 2.05) is 23.1 Å². The molecule has 0 radical (unpaired) electrons. The highest BCUT2D eigenvalue weighted by atomic mass is 16.5. The number of hydrogen-bond acceptors (Lipinski definition) is 4. The molecule has 1 aliphatic carbocycles. The second kappa shape index (κ2) is 7.95. The number of hydrogen-bond donors (Lipinski definition) is 2. The quantitative estimate of drug-likeness (QED) is 0.749. The van der Waals surface area contributed by atoms with Crippen molar-refractivity contribution in [1.82, 2.24) is 10.2 Å². The molecule has 29 heavy (non-hydrogen) atoms. The van der Waals surface area contributed by atoms with Gasteiger partial charge < -0.3 is 20.1 Å². The lowest BCUT2D eigenvalue weighted by Crippen LogP contribution is -2.37. The van der Waals surface area contributed by atoms with E-state index in [-0.39, 0.29) is 23.9 Å². The first-order valence-electron chi connectivity index (χ1n) is 9.61. The summed E-state index contributed by atoms with van der Waals surface area (Å²) in [7, 11) is 0. The third-order valence-electron chi connectivity index (χ3n) is 5.34. The fraction of sp³-hybridized carbons (Fsp3) is 0.318. The lowest BCUT2D eigenvalue weighted by Gasteiger charge is -2.17. The summed E-state index contributed by atoms with van der Waals surface area (Å²) in [4.78, 5) is 37.5. The minimum absolute atomic E-state index is 0.0669. The summed E-state index contributed by atoms with van der Waals surface area (Å²) in [6, 6.07) is 16.5. The Morgan fingerprint density at radius 2 is 1.93 bits per heavy atom. The largest absolute Gasteiger partial charge is 0.482 e. The van der Waals surface area contributed by atoms with Crippen molar-refractivity contribution >= 4 is 17.8 Å². The highest BCUT2D eigenvalue weighted by molar-refractivity contribution is 5.95. The van der Waals surface area contributed by atoms with Gasteiger partial charge in [-0.1, -0.05) is 36.4 Å². The van der Waals surface area contributed by atoms with Crippen molar-refractivity contribution in [2.45, 2.75) is 30.8 Å². The second-order valence-corrected chi connectivity index (χ2v) is 7.45. The standard InChI is InChI=1S/C22H22N2O5/c25-20-10-16(12-24(20)19-11-18(19)14-5-2-1-3-6-14)23-22(28)15-7-4-8-17(9-15)29-13-21(26)27/h1-9,16,18-19H,10-13H2,(H,23,28)(H,26,27). The molecule has 7 nitrogen and oxygen atoms in total. The van der Waals surface area contributed by atoms with E-state index >= 15 is 0 Å². The zero-order chi connectivity index (χ0) is 20.4. The summed E-state index contributed by atoms with van der Waals surface area (Å²) < 4.78 is 5.11. The van der Waals surface area contributed by atoms with Crippen molar-refractivity contribution in [1.29, 1.82) is 0 Å². The Balaban J connectivity index is 1.34. The van der Waals surface area contributed by atoms with Crippen molar-refractivity contribution in [2.75, 3.05) is 13.2 Å². The monoisotopic (exact) mass is 394 g/mol. The molecule has 0 aromatic heterocycles. The Bertz CT molecular complexity index is 930. The van der Waals surface area contributed by atoms with Gasteiger partial charge in [0.2, 0.25) is 5.91 Å². The molecule has 2 fully saturated rings. The number of aliphatic carboxylic acids is 1. The van der Waals surface area contributed by atoms with Crippen LogP contribution in [0, 0.1) is 0 Å². The number of amides is 2. The van der Waals surface area contributed by atoms with Crippen LogP contribution >= 0.6 is 0 Å². The Morgan fingerprint density at radius 1 is 1.14 bits per heavy atom. The molecule has 3 unspecified atom stereocenters. The fourth-order valence-electron chi connectivity index (χ4n) is 3.87. The summed E-state index contributed by atoms with van der Waals surface area (Å²) >= 11 is 0. The van der Waals surface area contributed by atoms with Crippen LogP contribution in [0.3, 0.4) is 0 Å². The van der Waals surface area contributed by atoms with Gasteiger partial charge in [0, 0.05) is 30.5 Å². The number of ether oxygens (including phenoxy) is 1. The molecule has 0 spiro atoms. The number of carboxylic acid groups (broad SMARTS) is 1. The van der Waals surface area contributed by atoms with Gasteiger partial charge in [0.1, 0.15) is 5.75 Å². The predicted molar refractivity (Wildman–Crippen MR) is 105 cm³/mol. The van der Waals surface area contributed by atoms with Crippen LogP contribution < -0.4 is 10.1 Å². The molecule has 2 aromatic carbocycles. The second-order valence-electron chi connectivity index (χ2n) is 7.45. The molecular weight excluding hydrogens is 372 g/mol. The van der Waals surface area contributed by atoms with Gasteiger partial charge in [0.15, 0.2) is 6.61 Å². The lowest BCUT2D eigenvalue weighted by molar-refractivity contribution is -0.139. The lowest BCUT2D eigenvalue weighted by atomic mass is 10.1. The van der Waals surface area contributed by atoms with Crippen molar-refractivity contribution in [3.05, 3.63) is 65.7 Å². The third kappa shape index (κ3) is 4.39. The van der Waals surface area contributed by atoms with Crippen LogP contribution in [-0.2, 0) is 9.59 Å². The predicted octanol–water partition coefficient (Wildman–Crippen LogP) is 2.04. The summed E-state index contributed by atoms with van der Waals surface area (Å²) in [5, 5.41) is 11.6. The maximum Gasteiger partial charge on any atom is 0.341 e. The SMILES string of the molecule is O=C(O)COc1cccc(C(=O)NC2CC(=O)N(C3CC3c3ccccc3)C2)c1. The molecule has 1 aliphatic heterocycles. The van der Waals surface area contributed by atoms with Gasteiger partial charge in [-0.25, -0.2) is 4.79 Å². The number of carboxylic acids is 1. The minimum atomic E-state index is -1.08. The van der Waals surface area contributed by atoms with Crippen LogP contribution in [0.15, 0.2) is 54.6 Å². The molecule has 1 saturated carbocycles. The van der Waals surface area contributed by atoms with E-state index in [0.29, 0.717) is 30.2 Å². The highest BCUT2D eigenvalue weighted by Gasteiger charge is 2.47. The van der Waals surface area contributed by atoms with Crippen LogP contribution in [0.2, 0.25) is 0 Å². The van der Waals surface area contributed by atoms with E-state index in [1.165, 1.54) is 11.6 Å². The molecule has 2 aromatic rings. The third-order valence-corrected chi connectivity index (χ3v) is 5.34. The summed E-state index contributed by atoms with van der Waals surface area (Å²) in [5.41, 5.74) is 1.61. The normalized spacial score (nSPS) is 23.0. The van der Waals surface area contributed by atoms with Crippen molar-refractivity contribution in [2.24, 2.45) is 0 Å². The zero-order valence-corrected chi connectivity index (χ0v) is 15.8. The van der Waals surface area contributed by atoms with E-state index in [0.717, 1.165) is 6.42 Å². The molecule has 7 heteroatoms. The van der Waals surface area contributed by atoms with Gasteiger partial charge in [-0.3, -0.25) is 9.59 Å². The summed E-state index contributed by atoms with van der Waals surface area (Å²) in [6.07, 6.45) is 1.25. The Morgan fingerprint density at radius 3 is 2.69 bits per heavy atom. The van der Waals surface area contributed by atoms with Crippen LogP contribution in [0.1, 0.15) is 34.7 Å². The van der Waals surface area contributed by atoms with Crippen molar-refractivity contribution in [3.8, 4) is 5.75 Å². The molecule has 2 N–H and O–H groups in total. The summed E-state index contributed by atoms with van der Waals surface area (Å²) in [6.45, 7) is 0.0366. The number of benzene rings is 2. The van der Waals surface area contributed by atoms with Crippen LogP contribution in [0.4, 0.5) is 0 Å². The molecule has 4 rings (SSSR count). The molecule has 2 aliphatic rings. The molecule has 1 saturated heterocycles. The molecule has 2 amide bonds. The van der Waals surface area contributed by atoms with E-state index < -0.39 is 12.6 Å². The van der Waals surface area contributed by atoms with E-state index in [4.69, 9.17) is 9.84 Å². The summed E-state index contributed by atoms with van der Waals surface area (Å²) in [5.74, 6) is -0.637. The number of nitrogens with one attached hydrogen (secondary N) is 1. The minimum Gasteiger partial charge on any atom is -0.482 e. The Labute approximate surface area is 168 Å². The van der Waals surface area contributed by atoms with Crippen LogP contribution in [0.25, 0.3) is 0 Å². The number of rotatable bonds is 7. The van der Waals surface area contributed by atoms with Gasteiger partial charge in [0.25, 0.3) is 5.91 Å². The molecule has 3 atom stereocenters. The highest BCUT2D eigenvalue weighted by Crippen LogP contribution is 2.45. The van der Waals surface area contributed by atoms with E-state index in [9.17, 15) is 14.4 Å². The van der Waals surface area contributed by atoms with Gasteiger partial charge in [-0.2, -0.15) is 0 Å². The van der Waals surface area contributed by atoms with Gasteiger partial charge >= 0.3 is 5.97 Å². The van der Waals surface area contributed by atoms with Crippen LogP contribution in [-0.4, -0.2) is 53.0 Å². The maximum absolute atomic E-state index is 12.6. The Kier molecular flexibility index (Phi) is 5.20. The number of carbonyl (C=O) groups excluding carboxylic acids is 2. The van der Waals surface area contributed by atoms with Crippen molar-refractivity contribution in [3.63, 3.8) is 0 Å². The number of likely N-dealkylation sites (tertiary alicyclic amines) is 1. The number of carbonyl (C=O) groups is 3. The van der Waals surface area contributed by atoms with Crippen molar-refractivity contribution < 1.29 is 24.2 Å². The average Bonchev–Trinajstić information content (AvgIpc) is 3.43. The van der Waals surface area contributed by atoms with E-state index in [2.05, 4.69) is 17.4 Å². The first kappa shape index (κ1) is 19.0. The van der Waals surface area contributed by atoms with Gasteiger partial charge in [0.05, 0.1) is 6.04 Å². The van der Waals surface area contributed by atoms with E-state index in [1.54, 1.807) is 18.2 Å². The molecule has 1 heterocycles. The van der Waals surface area contributed by atoms with Gasteiger partial charge in [-0.15, -0.1) is 0 Å². The topological polar surface area (TPSA) is 95.9 Å². The molecular formula is C22H22N2O5. The smallest absolute Gasteiger partial charge is 0.341 e. The average molecular weight is 394 g/mol. The first-order chi connectivity index (χ1) is 14.0. The van der Waals surface area contributed by atoms with Crippen LogP contribution in [0.5, 0.6) is 5.75 Å². The molecule has 150 valence electrons. The maximum atomic E-state index is 12.6. The molecule has 0 bridgehead atoms. The van der Waals surface area contributed by atoms with Gasteiger partial charge in [-0.05, 0) is 30.2 Å².